The first-order valence-electron chi connectivity index (χ1n) is 7.50. The first-order valence-corrected chi connectivity index (χ1v) is 7.50. The van der Waals surface area contributed by atoms with Crippen molar-refractivity contribution in [2.45, 2.75) is 32.7 Å². The third-order valence-corrected chi connectivity index (χ3v) is 3.87. The van der Waals surface area contributed by atoms with E-state index in [1.807, 2.05) is 6.92 Å². The molecule has 0 radical (unpaired) electrons. The standard InChI is InChI=1S/C17H19F2NO3/c1-11(12-5-6-12)9-15(21)20(8-7-16(22)23)10-13-3-2-4-14(18)17(13)19/h2-4,9,12H,5-8,10H2,1H3,(H,22,23). The van der Waals surface area contributed by atoms with Gasteiger partial charge in [-0.1, -0.05) is 17.7 Å². The maximum atomic E-state index is 13.8. The highest BCUT2D eigenvalue weighted by atomic mass is 19.2. The van der Waals surface area contributed by atoms with E-state index in [9.17, 15) is 18.4 Å². The minimum absolute atomic E-state index is 0.0289. The topological polar surface area (TPSA) is 57.6 Å². The summed E-state index contributed by atoms with van der Waals surface area (Å²) in [5.74, 6) is -3.02. The van der Waals surface area contributed by atoms with Gasteiger partial charge in [-0.15, -0.1) is 0 Å². The molecule has 1 aromatic rings. The molecule has 124 valence electrons. The van der Waals surface area contributed by atoms with Crippen molar-refractivity contribution < 1.29 is 23.5 Å². The number of halogens is 2. The number of carboxylic acid groups (broad SMARTS) is 1. The van der Waals surface area contributed by atoms with Gasteiger partial charge in [0, 0.05) is 24.7 Å². The van der Waals surface area contributed by atoms with Gasteiger partial charge in [-0.25, -0.2) is 8.78 Å². The van der Waals surface area contributed by atoms with Crippen LogP contribution in [0.4, 0.5) is 8.78 Å². The van der Waals surface area contributed by atoms with Gasteiger partial charge in [-0.3, -0.25) is 9.59 Å². The third-order valence-electron chi connectivity index (χ3n) is 3.87. The van der Waals surface area contributed by atoms with E-state index in [2.05, 4.69) is 0 Å². The van der Waals surface area contributed by atoms with Gasteiger partial charge in [0.05, 0.1) is 6.42 Å². The molecule has 4 nitrogen and oxygen atoms in total. The molecule has 0 aliphatic heterocycles. The second kappa shape index (κ2) is 7.35. The quantitative estimate of drug-likeness (QED) is 0.784. The zero-order valence-electron chi connectivity index (χ0n) is 12.9. The van der Waals surface area contributed by atoms with Crippen LogP contribution in [0.3, 0.4) is 0 Å². The van der Waals surface area contributed by atoms with Crippen LogP contribution in [0.2, 0.25) is 0 Å². The molecule has 1 saturated carbocycles. The van der Waals surface area contributed by atoms with Crippen LogP contribution in [-0.4, -0.2) is 28.4 Å². The summed E-state index contributed by atoms with van der Waals surface area (Å²) in [7, 11) is 0. The number of benzene rings is 1. The van der Waals surface area contributed by atoms with Crippen molar-refractivity contribution in [2.75, 3.05) is 6.54 Å². The smallest absolute Gasteiger partial charge is 0.305 e. The Labute approximate surface area is 133 Å². The van der Waals surface area contributed by atoms with Crippen molar-refractivity contribution in [3.8, 4) is 0 Å². The molecule has 0 atom stereocenters. The van der Waals surface area contributed by atoms with Crippen LogP contribution in [0.25, 0.3) is 0 Å². The van der Waals surface area contributed by atoms with Gasteiger partial charge in [0.15, 0.2) is 11.6 Å². The number of allylic oxidation sites excluding steroid dienone is 1. The van der Waals surface area contributed by atoms with E-state index >= 15 is 0 Å². The molecule has 0 unspecified atom stereocenters. The molecular weight excluding hydrogens is 304 g/mol. The summed E-state index contributed by atoms with van der Waals surface area (Å²) < 4.78 is 27.1. The first-order chi connectivity index (χ1) is 10.9. The molecule has 1 aliphatic rings. The van der Waals surface area contributed by atoms with Gasteiger partial charge >= 0.3 is 5.97 Å². The second-order valence-corrected chi connectivity index (χ2v) is 5.78. The van der Waals surface area contributed by atoms with E-state index in [4.69, 9.17) is 5.11 Å². The SMILES string of the molecule is CC(=CC(=O)N(CCC(=O)O)Cc1cccc(F)c1F)C1CC1. The number of carbonyl (C=O) groups is 2. The molecule has 0 aromatic heterocycles. The van der Waals surface area contributed by atoms with Crippen LogP contribution < -0.4 is 0 Å². The van der Waals surface area contributed by atoms with Gasteiger partial charge in [0.25, 0.3) is 0 Å². The number of amides is 1. The van der Waals surface area contributed by atoms with Crippen LogP contribution in [0, 0.1) is 17.6 Å². The van der Waals surface area contributed by atoms with Crippen molar-refractivity contribution in [3.63, 3.8) is 0 Å². The summed E-state index contributed by atoms with van der Waals surface area (Å²) in [4.78, 5) is 24.3. The van der Waals surface area contributed by atoms with Crippen molar-refractivity contribution in [1.82, 2.24) is 4.90 Å². The minimum Gasteiger partial charge on any atom is -0.481 e. The molecular formula is C17H19F2NO3. The van der Waals surface area contributed by atoms with Crippen LogP contribution in [0.1, 0.15) is 31.7 Å². The van der Waals surface area contributed by atoms with Crippen LogP contribution in [-0.2, 0) is 16.1 Å². The Kier molecular flexibility index (Phi) is 5.47. The average molecular weight is 323 g/mol. The Morgan fingerprint density at radius 3 is 2.65 bits per heavy atom. The third kappa shape index (κ3) is 4.87. The number of nitrogens with zero attached hydrogens (tertiary/aromatic N) is 1. The van der Waals surface area contributed by atoms with E-state index in [0.717, 1.165) is 24.5 Å². The molecule has 1 N–H and O–H groups in total. The van der Waals surface area contributed by atoms with Gasteiger partial charge in [-0.05, 0) is 31.7 Å². The lowest BCUT2D eigenvalue weighted by Gasteiger charge is -2.21. The maximum absolute atomic E-state index is 13.8. The summed E-state index contributed by atoms with van der Waals surface area (Å²) in [5, 5.41) is 8.80. The highest BCUT2D eigenvalue weighted by Crippen LogP contribution is 2.36. The number of hydrogen-bond donors (Lipinski definition) is 1. The Morgan fingerprint density at radius 1 is 1.35 bits per heavy atom. The van der Waals surface area contributed by atoms with Crippen molar-refractivity contribution >= 4 is 11.9 Å². The molecule has 1 fully saturated rings. The van der Waals surface area contributed by atoms with Crippen molar-refractivity contribution in [1.29, 1.82) is 0 Å². The lowest BCUT2D eigenvalue weighted by atomic mass is 10.1. The molecule has 0 saturated heterocycles. The van der Waals surface area contributed by atoms with E-state index in [1.54, 1.807) is 0 Å². The molecule has 6 heteroatoms. The van der Waals surface area contributed by atoms with E-state index in [1.165, 1.54) is 23.1 Å². The summed E-state index contributed by atoms with van der Waals surface area (Å²) in [6.07, 6.45) is 3.31. The number of aliphatic carboxylic acids is 1. The molecule has 1 aromatic carbocycles. The Morgan fingerprint density at radius 2 is 2.04 bits per heavy atom. The first kappa shape index (κ1) is 17.1. The number of carbonyl (C=O) groups excluding carboxylic acids is 1. The van der Waals surface area contributed by atoms with E-state index in [0.29, 0.717) is 5.92 Å². The summed E-state index contributed by atoms with van der Waals surface area (Å²) in [6.45, 7) is 1.64. The highest BCUT2D eigenvalue weighted by molar-refractivity contribution is 5.88. The van der Waals surface area contributed by atoms with E-state index < -0.39 is 17.6 Å². The predicted octanol–water partition coefficient (Wildman–Crippen LogP) is 3.12. The summed E-state index contributed by atoms with van der Waals surface area (Å²) >= 11 is 0. The Bertz CT molecular complexity index is 639. The number of hydrogen-bond acceptors (Lipinski definition) is 2. The van der Waals surface area contributed by atoms with Crippen LogP contribution in [0.5, 0.6) is 0 Å². The second-order valence-electron chi connectivity index (χ2n) is 5.78. The Hall–Kier alpha value is -2.24. The summed E-state index contributed by atoms with van der Waals surface area (Å²) in [6, 6.07) is 3.75. The normalized spacial score (nSPS) is 14.7. The Balaban J connectivity index is 2.15. The molecule has 1 amide bonds. The van der Waals surface area contributed by atoms with Crippen molar-refractivity contribution in [2.24, 2.45) is 5.92 Å². The fourth-order valence-electron chi connectivity index (χ4n) is 2.32. The van der Waals surface area contributed by atoms with Gasteiger partial charge in [0.1, 0.15) is 0 Å². The van der Waals surface area contributed by atoms with Crippen LogP contribution in [0.15, 0.2) is 29.8 Å². The van der Waals surface area contributed by atoms with E-state index in [-0.39, 0.29) is 31.0 Å². The highest BCUT2D eigenvalue weighted by Gasteiger charge is 2.25. The van der Waals surface area contributed by atoms with Gasteiger partial charge in [-0.2, -0.15) is 0 Å². The van der Waals surface area contributed by atoms with Gasteiger partial charge < -0.3 is 10.0 Å². The number of carboxylic acids is 1. The summed E-state index contributed by atoms with van der Waals surface area (Å²) in [5.41, 5.74) is 0.969. The van der Waals surface area contributed by atoms with Crippen molar-refractivity contribution in [3.05, 3.63) is 47.0 Å². The average Bonchev–Trinajstić information content (AvgIpc) is 3.32. The molecule has 0 heterocycles. The lowest BCUT2D eigenvalue weighted by molar-refractivity contribution is -0.138. The predicted molar refractivity (Wildman–Crippen MR) is 80.5 cm³/mol. The molecule has 2 rings (SSSR count). The zero-order valence-corrected chi connectivity index (χ0v) is 12.9. The fourth-order valence-corrected chi connectivity index (χ4v) is 2.32. The lowest BCUT2D eigenvalue weighted by Crippen LogP contribution is -2.32. The number of rotatable bonds is 7. The zero-order chi connectivity index (χ0) is 17.0. The molecule has 0 spiro atoms. The maximum Gasteiger partial charge on any atom is 0.305 e. The van der Waals surface area contributed by atoms with Gasteiger partial charge in [0.2, 0.25) is 5.91 Å². The monoisotopic (exact) mass is 323 g/mol. The minimum atomic E-state index is -1.05. The molecule has 1 aliphatic carbocycles. The largest absolute Gasteiger partial charge is 0.481 e. The van der Waals surface area contributed by atoms with Crippen LogP contribution >= 0.6 is 0 Å². The fraction of sp³-hybridized carbons (Fsp3) is 0.412. The molecule has 0 bridgehead atoms. The molecule has 23 heavy (non-hydrogen) atoms.